The van der Waals surface area contributed by atoms with E-state index < -0.39 is 0 Å². The lowest BCUT2D eigenvalue weighted by Crippen LogP contribution is -2.40. The molecule has 20 heavy (non-hydrogen) atoms. The first-order valence-corrected chi connectivity index (χ1v) is 8.24. The molecule has 1 fully saturated rings. The molecule has 1 heterocycles. The molecule has 118 valence electrons. The number of aliphatic imine (C=N–C) groups is 1. The summed E-state index contributed by atoms with van der Waals surface area (Å²) in [5.41, 5.74) is 0. The van der Waals surface area contributed by atoms with Gasteiger partial charge in [-0.05, 0) is 18.8 Å². The van der Waals surface area contributed by atoms with Gasteiger partial charge in [-0.2, -0.15) is 0 Å². The van der Waals surface area contributed by atoms with E-state index in [1.165, 1.54) is 38.5 Å². The van der Waals surface area contributed by atoms with Crippen LogP contribution in [0.3, 0.4) is 0 Å². The van der Waals surface area contributed by atoms with Crippen LogP contribution in [0.2, 0.25) is 0 Å². The molecule has 1 rings (SSSR count). The molecular formula is C16H33N3O. The van der Waals surface area contributed by atoms with Crippen LogP contribution < -0.4 is 10.6 Å². The summed E-state index contributed by atoms with van der Waals surface area (Å²) in [5.74, 6) is 2.42. The Hall–Kier alpha value is -0.770. The van der Waals surface area contributed by atoms with Crippen molar-refractivity contribution in [2.45, 2.75) is 52.4 Å². The van der Waals surface area contributed by atoms with Crippen LogP contribution in [0.15, 0.2) is 4.99 Å². The maximum absolute atomic E-state index is 5.38. The van der Waals surface area contributed by atoms with Gasteiger partial charge in [-0.1, -0.05) is 39.5 Å². The lowest BCUT2D eigenvalue weighted by Gasteiger charge is -2.14. The summed E-state index contributed by atoms with van der Waals surface area (Å²) in [6.07, 6.45) is 7.79. The zero-order chi connectivity index (χ0) is 14.6. The van der Waals surface area contributed by atoms with Crippen molar-refractivity contribution in [2.24, 2.45) is 16.8 Å². The van der Waals surface area contributed by atoms with Crippen molar-refractivity contribution >= 4 is 5.96 Å². The summed E-state index contributed by atoms with van der Waals surface area (Å²) in [6, 6.07) is 0. The van der Waals surface area contributed by atoms with Gasteiger partial charge < -0.3 is 15.4 Å². The first kappa shape index (κ1) is 17.3. The lowest BCUT2D eigenvalue weighted by molar-refractivity contribution is 0.186. The SMILES string of the molecule is CN=C(NCCCCCCC(C)C)NCC1CCOC1. The fraction of sp³-hybridized carbons (Fsp3) is 0.938. The molecular weight excluding hydrogens is 250 g/mol. The minimum atomic E-state index is 0.643. The van der Waals surface area contributed by atoms with E-state index >= 15 is 0 Å². The summed E-state index contributed by atoms with van der Waals surface area (Å²) >= 11 is 0. The van der Waals surface area contributed by atoms with Crippen molar-refractivity contribution < 1.29 is 4.74 Å². The third-order valence-corrected chi connectivity index (χ3v) is 3.81. The summed E-state index contributed by atoms with van der Waals surface area (Å²) < 4.78 is 5.38. The van der Waals surface area contributed by atoms with Crippen LogP contribution in [0.1, 0.15) is 52.4 Å². The number of hydrogen-bond acceptors (Lipinski definition) is 2. The van der Waals surface area contributed by atoms with E-state index in [0.717, 1.165) is 38.2 Å². The van der Waals surface area contributed by atoms with Crippen LogP contribution in [0.5, 0.6) is 0 Å². The largest absolute Gasteiger partial charge is 0.381 e. The monoisotopic (exact) mass is 283 g/mol. The van der Waals surface area contributed by atoms with Crippen LogP contribution in [-0.2, 0) is 4.74 Å². The number of ether oxygens (including phenoxy) is 1. The third-order valence-electron chi connectivity index (χ3n) is 3.81. The Morgan fingerprint density at radius 1 is 1.20 bits per heavy atom. The molecule has 4 nitrogen and oxygen atoms in total. The third kappa shape index (κ3) is 8.41. The van der Waals surface area contributed by atoms with Crippen molar-refractivity contribution in [3.63, 3.8) is 0 Å². The van der Waals surface area contributed by atoms with Crippen LogP contribution in [0, 0.1) is 11.8 Å². The molecule has 0 aromatic heterocycles. The van der Waals surface area contributed by atoms with E-state index in [1.807, 2.05) is 7.05 Å². The molecule has 1 unspecified atom stereocenters. The van der Waals surface area contributed by atoms with Crippen molar-refractivity contribution in [1.29, 1.82) is 0 Å². The van der Waals surface area contributed by atoms with E-state index in [9.17, 15) is 0 Å². The molecule has 0 radical (unpaired) electrons. The number of hydrogen-bond donors (Lipinski definition) is 2. The molecule has 0 aromatic carbocycles. The van der Waals surface area contributed by atoms with E-state index in [4.69, 9.17) is 4.74 Å². The highest BCUT2D eigenvalue weighted by Crippen LogP contribution is 2.10. The molecule has 0 amide bonds. The maximum atomic E-state index is 5.38. The van der Waals surface area contributed by atoms with Crippen LogP contribution in [0.25, 0.3) is 0 Å². The fourth-order valence-electron chi connectivity index (χ4n) is 2.44. The molecule has 1 saturated heterocycles. The number of guanidine groups is 1. The van der Waals surface area contributed by atoms with Crippen LogP contribution in [0.4, 0.5) is 0 Å². The van der Waals surface area contributed by atoms with Gasteiger partial charge in [0.2, 0.25) is 0 Å². The molecule has 0 aromatic rings. The highest BCUT2D eigenvalue weighted by atomic mass is 16.5. The predicted molar refractivity (Wildman–Crippen MR) is 86.2 cm³/mol. The average Bonchev–Trinajstić information content (AvgIpc) is 2.94. The van der Waals surface area contributed by atoms with E-state index in [1.54, 1.807) is 0 Å². The summed E-state index contributed by atoms with van der Waals surface area (Å²) in [4.78, 5) is 4.26. The first-order valence-electron chi connectivity index (χ1n) is 8.24. The maximum Gasteiger partial charge on any atom is 0.190 e. The highest BCUT2D eigenvalue weighted by Gasteiger charge is 2.15. The van der Waals surface area contributed by atoms with E-state index in [0.29, 0.717) is 5.92 Å². The summed E-state index contributed by atoms with van der Waals surface area (Å²) in [6.45, 7) is 8.38. The van der Waals surface area contributed by atoms with Gasteiger partial charge in [-0.15, -0.1) is 0 Å². The standard InChI is InChI=1S/C16H33N3O/c1-14(2)8-6-4-5-7-10-18-16(17-3)19-12-15-9-11-20-13-15/h14-15H,4-13H2,1-3H3,(H2,17,18,19). The molecule has 0 aliphatic carbocycles. The minimum absolute atomic E-state index is 0.643. The van der Waals surface area contributed by atoms with E-state index in [2.05, 4.69) is 29.5 Å². The zero-order valence-corrected chi connectivity index (χ0v) is 13.6. The zero-order valence-electron chi connectivity index (χ0n) is 13.6. The Morgan fingerprint density at radius 3 is 2.65 bits per heavy atom. The van der Waals surface area contributed by atoms with Gasteiger partial charge in [0, 0.05) is 32.7 Å². The average molecular weight is 283 g/mol. The predicted octanol–water partition coefficient (Wildman–Crippen LogP) is 2.79. The number of unbranched alkanes of at least 4 members (excludes halogenated alkanes) is 3. The summed E-state index contributed by atoms with van der Waals surface area (Å²) in [5, 5.41) is 6.78. The Kier molecular flexibility index (Phi) is 9.46. The molecule has 1 atom stereocenters. The van der Waals surface area contributed by atoms with Crippen molar-refractivity contribution in [1.82, 2.24) is 10.6 Å². The number of rotatable bonds is 9. The smallest absolute Gasteiger partial charge is 0.190 e. The molecule has 1 aliphatic heterocycles. The van der Waals surface area contributed by atoms with Gasteiger partial charge in [0.1, 0.15) is 0 Å². The van der Waals surface area contributed by atoms with Crippen molar-refractivity contribution in [3.05, 3.63) is 0 Å². The highest BCUT2D eigenvalue weighted by molar-refractivity contribution is 5.79. The van der Waals surface area contributed by atoms with Gasteiger partial charge in [0.05, 0.1) is 6.61 Å². The minimum Gasteiger partial charge on any atom is -0.381 e. The van der Waals surface area contributed by atoms with Gasteiger partial charge >= 0.3 is 0 Å². The molecule has 0 spiro atoms. The Balaban J connectivity index is 1.95. The Bertz CT molecular complexity index is 260. The number of nitrogens with zero attached hydrogens (tertiary/aromatic N) is 1. The molecule has 0 bridgehead atoms. The van der Waals surface area contributed by atoms with Crippen LogP contribution in [-0.4, -0.2) is 39.3 Å². The lowest BCUT2D eigenvalue weighted by atomic mass is 10.0. The van der Waals surface area contributed by atoms with Gasteiger partial charge in [0.15, 0.2) is 5.96 Å². The number of nitrogens with one attached hydrogen (secondary N) is 2. The topological polar surface area (TPSA) is 45.7 Å². The van der Waals surface area contributed by atoms with Gasteiger partial charge in [-0.3, -0.25) is 4.99 Å². The Labute approximate surface area is 124 Å². The van der Waals surface area contributed by atoms with Crippen molar-refractivity contribution in [3.8, 4) is 0 Å². The van der Waals surface area contributed by atoms with Gasteiger partial charge in [0.25, 0.3) is 0 Å². The second-order valence-electron chi connectivity index (χ2n) is 6.21. The van der Waals surface area contributed by atoms with Gasteiger partial charge in [-0.25, -0.2) is 0 Å². The first-order chi connectivity index (χ1) is 9.72. The molecule has 0 saturated carbocycles. The van der Waals surface area contributed by atoms with Crippen molar-refractivity contribution in [2.75, 3.05) is 33.4 Å². The van der Waals surface area contributed by atoms with Crippen LogP contribution >= 0.6 is 0 Å². The molecule has 2 N–H and O–H groups in total. The Morgan fingerprint density at radius 2 is 2.00 bits per heavy atom. The molecule has 4 heteroatoms. The second-order valence-corrected chi connectivity index (χ2v) is 6.21. The summed E-state index contributed by atoms with van der Waals surface area (Å²) in [7, 11) is 1.84. The van der Waals surface area contributed by atoms with E-state index in [-0.39, 0.29) is 0 Å². The second kappa shape index (κ2) is 11.0. The fourth-order valence-corrected chi connectivity index (χ4v) is 2.44. The molecule has 1 aliphatic rings. The quantitative estimate of drug-likeness (QED) is 0.388. The normalized spacial score (nSPS) is 19.6.